The number of piperidine rings is 1. The summed E-state index contributed by atoms with van der Waals surface area (Å²) in [5.41, 5.74) is 16.8. The van der Waals surface area contributed by atoms with Crippen molar-refractivity contribution in [2.75, 3.05) is 35.2 Å². The molecule has 0 saturated carbocycles. The molecule has 1 fully saturated rings. The number of hydrogen-bond donors (Lipinski definition) is 4. The Morgan fingerprint density at radius 3 is 2.53 bits per heavy atom. The van der Waals surface area contributed by atoms with Crippen molar-refractivity contribution in [3.05, 3.63) is 78.3 Å². The number of pyridine rings is 3. The molecule has 1 aliphatic rings. The highest BCUT2D eigenvalue weighted by Gasteiger charge is 2.20. The normalized spacial score (nSPS) is 13.3. The van der Waals surface area contributed by atoms with Gasteiger partial charge in [0.05, 0.1) is 17.6 Å². The summed E-state index contributed by atoms with van der Waals surface area (Å²) in [5, 5.41) is 7.19. The van der Waals surface area contributed by atoms with E-state index < -0.39 is 0 Å². The molecule has 0 radical (unpaired) electrons. The zero-order chi connectivity index (χ0) is 26.6. The first-order chi connectivity index (χ1) is 18.4. The second-order valence-corrected chi connectivity index (χ2v) is 9.16. The fourth-order valence-electron chi connectivity index (χ4n) is 4.39. The minimum Gasteiger partial charge on any atom is -0.397 e. The smallest absolute Gasteiger partial charge is 0.321 e. The molecule has 4 aromatic rings. The maximum Gasteiger partial charge on any atom is 0.321 e. The Morgan fingerprint density at radius 2 is 1.76 bits per heavy atom. The molecule has 38 heavy (non-hydrogen) atoms. The Morgan fingerprint density at radius 1 is 1.00 bits per heavy atom. The third-order valence-corrected chi connectivity index (χ3v) is 6.58. The monoisotopic (exact) mass is 508 g/mol. The molecule has 3 aromatic heterocycles. The van der Waals surface area contributed by atoms with E-state index in [0.29, 0.717) is 54.3 Å². The first-order valence-corrected chi connectivity index (χ1v) is 12.3. The zero-order valence-electron chi connectivity index (χ0n) is 20.9. The SMILES string of the molecule is Cc1c(N)cncc1-c1cc2cc(NC(=O)C=C3CCN(C(=O)Nc4ccccc4)CC3)ncc2c(N)n1. The summed E-state index contributed by atoms with van der Waals surface area (Å²) < 4.78 is 0. The van der Waals surface area contributed by atoms with Gasteiger partial charge in [0, 0.05) is 48.2 Å². The molecule has 0 spiro atoms. The van der Waals surface area contributed by atoms with Gasteiger partial charge in [0.25, 0.3) is 0 Å². The number of amides is 3. The van der Waals surface area contributed by atoms with Gasteiger partial charge in [-0.1, -0.05) is 23.8 Å². The third-order valence-electron chi connectivity index (χ3n) is 6.58. The summed E-state index contributed by atoms with van der Waals surface area (Å²) in [4.78, 5) is 40.0. The van der Waals surface area contributed by atoms with Gasteiger partial charge >= 0.3 is 6.03 Å². The Balaban J connectivity index is 1.25. The molecule has 0 unspecified atom stereocenters. The zero-order valence-corrected chi connectivity index (χ0v) is 20.9. The highest BCUT2D eigenvalue weighted by atomic mass is 16.2. The molecule has 1 saturated heterocycles. The summed E-state index contributed by atoms with van der Waals surface area (Å²) in [6.45, 7) is 2.99. The molecule has 5 rings (SSSR count). The Bertz CT molecular complexity index is 1540. The van der Waals surface area contributed by atoms with E-state index in [0.717, 1.165) is 27.8 Å². The average molecular weight is 509 g/mol. The van der Waals surface area contributed by atoms with Crippen molar-refractivity contribution in [1.29, 1.82) is 0 Å². The highest BCUT2D eigenvalue weighted by molar-refractivity contribution is 6.01. The van der Waals surface area contributed by atoms with E-state index >= 15 is 0 Å². The number of hydrogen-bond acceptors (Lipinski definition) is 7. The van der Waals surface area contributed by atoms with Crippen molar-refractivity contribution in [2.24, 2.45) is 0 Å². The molecular formula is C28H28N8O2. The number of fused-ring (bicyclic) bond motifs is 1. The number of para-hydroxylation sites is 1. The van der Waals surface area contributed by atoms with Crippen LogP contribution in [0.2, 0.25) is 0 Å². The van der Waals surface area contributed by atoms with Crippen LogP contribution in [0, 0.1) is 6.92 Å². The number of nitrogens with zero attached hydrogens (tertiary/aromatic N) is 4. The van der Waals surface area contributed by atoms with Crippen LogP contribution in [-0.4, -0.2) is 44.9 Å². The second kappa shape index (κ2) is 10.6. The van der Waals surface area contributed by atoms with Gasteiger partial charge in [0.1, 0.15) is 11.6 Å². The number of nitrogens with two attached hydrogens (primary N) is 2. The lowest BCUT2D eigenvalue weighted by molar-refractivity contribution is -0.112. The maximum atomic E-state index is 12.7. The van der Waals surface area contributed by atoms with Crippen LogP contribution in [0.3, 0.4) is 0 Å². The van der Waals surface area contributed by atoms with Crippen LogP contribution >= 0.6 is 0 Å². The van der Waals surface area contributed by atoms with Gasteiger partial charge in [-0.05, 0) is 55.0 Å². The molecule has 0 bridgehead atoms. The van der Waals surface area contributed by atoms with Gasteiger partial charge in [-0.2, -0.15) is 0 Å². The lowest BCUT2D eigenvalue weighted by Crippen LogP contribution is -2.39. The molecule has 4 heterocycles. The number of likely N-dealkylation sites (tertiary alicyclic amines) is 1. The number of carbonyl (C=O) groups excluding carboxylic acids is 2. The Labute approximate surface area is 219 Å². The molecule has 6 N–H and O–H groups in total. The minimum atomic E-state index is -0.271. The van der Waals surface area contributed by atoms with Crippen LogP contribution in [-0.2, 0) is 4.79 Å². The lowest BCUT2D eigenvalue weighted by Gasteiger charge is -2.28. The summed E-state index contributed by atoms with van der Waals surface area (Å²) >= 11 is 0. The number of anilines is 4. The molecule has 3 amide bonds. The fourth-order valence-corrected chi connectivity index (χ4v) is 4.39. The summed E-state index contributed by atoms with van der Waals surface area (Å²) in [7, 11) is 0. The van der Waals surface area contributed by atoms with E-state index in [1.165, 1.54) is 0 Å². The number of urea groups is 1. The number of nitrogen functional groups attached to an aromatic ring is 2. The van der Waals surface area contributed by atoms with Gasteiger partial charge in [-0.3, -0.25) is 9.78 Å². The Kier molecular flexibility index (Phi) is 6.86. The second-order valence-electron chi connectivity index (χ2n) is 9.16. The van der Waals surface area contributed by atoms with Gasteiger partial charge in [0.15, 0.2) is 0 Å². The van der Waals surface area contributed by atoms with Gasteiger partial charge in [-0.25, -0.2) is 14.8 Å². The third kappa shape index (κ3) is 5.39. The van der Waals surface area contributed by atoms with Crippen LogP contribution in [0.1, 0.15) is 18.4 Å². The number of carbonyl (C=O) groups is 2. The van der Waals surface area contributed by atoms with Gasteiger partial charge in [0.2, 0.25) is 5.91 Å². The van der Waals surface area contributed by atoms with Crippen LogP contribution in [0.5, 0.6) is 0 Å². The lowest BCUT2D eigenvalue weighted by atomic mass is 10.0. The summed E-state index contributed by atoms with van der Waals surface area (Å²) in [6.07, 6.45) is 7.73. The quantitative estimate of drug-likeness (QED) is 0.299. The number of nitrogens with one attached hydrogen (secondary N) is 2. The van der Waals surface area contributed by atoms with Crippen molar-refractivity contribution in [2.45, 2.75) is 19.8 Å². The molecule has 10 heteroatoms. The van der Waals surface area contributed by atoms with E-state index in [-0.39, 0.29) is 11.9 Å². The standard InChI is InChI=1S/C28H28N8O2/c1-17-21(14-31-16-23(17)29)24-12-19-13-25(32-15-22(19)27(30)34-24)35-26(37)11-18-7-9-36(10-8-18)28(38)33-20-5-3-2-4-6-20/h2-6,11-16H,7-10,29H2,1H3,(H2,30,34)(H,33,38)(H,32,35,37). The topological polar surface area (TPSA) is 152 Å². The number of aromatic nitrogens is 3. The fraction of sp³-hybridized carbons (Fsp3) is 0.179. The van der Waals surface area contributed by atoms with E-state index in [1.54, 1.807) is 35.6 Å². The van der Waals surface area contributed by atoms with Crippen molar-refractivity contribution >= 4 is 45.7 Å². The summed E-state index contributed by atoms with van der Waals surface area (Å²) in [5.74, 6) is 0.458. The predicted octanol–water partition coefficient (Wildman–Crippen LogP) is 4.36. The van der Waals surface area contributed by atoms with Crippen LogP contribution in [0.25, 0.3) is 22.0 Å². The van der Waals surface area contributed by atoms with E-state index in [1.807, 2.05) is 43.3 Å². The van der Waals surface area contributed by atoms with Crippen molar-refractivity contribution in [1.82, 2.24) is 19.9 Å². The minimum absolute atomic E-state index is 0.141. The summed E-state index contributed by atoms with van der Waals surface area (Å²) in [6, 6.07) is 12.8. The molecular weight excluding hydrogens is 480 g/mol. The van der Waals surface area contributed by atoms with E-state index in [2.05, 4.69) is 25.6 Å². The Hall–Kier alpha value is -4.99. The number of rotatable bonds is 4. The van der Waals surface area contributed by atoms with E-state index in [9.17, 15) is 9.59 Å². The van der Waals surface area contributed by atoms with Crippen LogP contribution < -0.4 is 22.1 Å². The first-order valence-electron chi connectivity index (χ1n) is 12.3. The molecule has 0 aliphatic carbocycles. The molecule has 0 atom stereocenters. The van der Waals surface area contributed by atoms with Crippen LogP contribution in [0.15, 0.2) is 72.7 Å². The average Bonchev–Trinajstić information content (AvgIpc) is 2.91. The maximum absolute atomic E-state index is 12.7. The van der Waals surface area contributed by atoms with E-state index in [4.69, 9.17) is 11.5 Å². The molecule has 1 aromatic carbocycles. The molecule has 192 valence electrons. The van der Waals surface area contributed by atoms with Crippen molar-refractivity contribution < 1.29 is 9.59 Å². The highest BCUT2D eigenvalue weighted by Crippen LogP contribution is 2.30. The van der Waals surface area contributed by atoms with Gasteiger partial charge in [-0.15, -0.1) is 0 Å². The predicted molar refractivity (Wildman–Crippen MR) is 149 cm³/mol. The van der Waals surface area contributed by atoms with Gasteiger partial charge < -0.3 is 27.0 Å². The molecule has 1 aliphatic heterocycles. The molecule has 10 nitrogen and oxygen atoms in total. The first kappa shape index (κ1) is 24.7. The number of benzene rings is 1. The van der Waals surface area contributed by atoms with Crippen LogP contribution in [0.4, 0.5) is 27.8 Å². The van der Waals surface area contributed by atoms with Crippen molar-refractivity contribution in [3.8, 4) is 11.3 Å². The largest absolute Gasteiger partial charge is 0.397 e. The van der Waals surface area contributed by atoms with Crippen molar-refractivity contribution in [3.63, 3.8) is 0 Å².